The summed E-state index contributed by atoms with van der Waals surface area (Å²) in [4.78, 5) is 0. The van der Waals surface area contributed by atoms with Gasteiger partial charge in [0.1, 0.15) is 0 Å². The van der Waals surface area contributed by atoms with E-state index in [1.165, 1.54) is 117 Å². The van der Waals surface area contributed by atoms with Crippen molar-refractivity contribution in [2.75, 3.05) is 0 Å². The number of thiophene rings is 2. The minimum absolute atomic E-state index is 1.23. The van der Waals surface area contributed by atoms with Crippen LogP contribution >= 0.6 is 22.7 Å². The van der Waals surface area contributed by atoms with Crippen LogP contribution in [0, 0.1) is 0 Å². The number of hydrogen-bond donors (Lipinski definition) is 0. The third-order valence-electron chi connectivity index (χ3n) is 11.7. The first-order valence-corrected chi connectivity index (χ1v) is 20.8. The van der Waals surface area contributed by atoms with E-state index < -0.39 is 0 Å². The highest BCUT2D eigenvalue weighted by Crippen LogP contribution is 2.47. The van der Waals surface area contributed by atoms with E-state index in [4.69, 9.17) is 0 Å². The number of benzene rings is 10. The summed E-state index contributed by atoms with van der Waals surface area (Å²) in [6.45, 7) is 0. The van der Waals surface area contributed by atoms with Crippen LogP contribution in [0.15, 0.2) is 194 Å². The highest BCUT2D eigenvalue weighted by Gasteiger charge is 2.19. The summed E-state index contributed by atoms with van der Waals surface area (Å²) >= 11 is 3.82. The largest absolute Gasteiger partial charge is 0.135 e. The Morgan fingerprint density at radius 1 is 0.232 bits per heavy atom. The Balaban J connectivity index is 1.02. The van der Waals surface area contributed by atoms with Crippen LogP contribution in [-0.4, -0.2) is 0 Å². The lowest BCUT2D eigenvalue weighted by Crippen LogP contribution is -1.91. The van der Waals surface area contributed by atoms with Crippen LogP contribution in [-0.2, 0) is 0 Å². The van der Waals surface area contributed by atoms with Crippen LogP contribution in [0.1, 0.15) is 0 Å². The van der Waals surface area contributed by atoms with E-state index in [1.54, 1.807) is 0 Å². The molecule has 0 N–H and O–H groups in total. The van der Waals surface area contributed by atoms with Gasteiger partial charge in [-0.2, -0.15) is 0 Å². The Morgan fingerprint density at radius 2 is 0.661 bits per heavy atom. The lowest BCUT2D eigenvalue weighted by molar-refractivity contribution is 1.61. The van der Waals surface area contributed by atoms with Crippen LogP contribution in [0.3, 0.4) is 0 Å². The molecule has 260 valence electrons. The van der Waals surface area contributed by atoms with E-state index in [0.29, 0.717) is 0 Å². The van der Waals surface area contributed by atoms with Crippen molar-refractivity contribution in [3.05, 3.63) is 194 Å². The summed E-state index contributed by atoms with van der Waals surface area (Å²) in [5.41, 5.74) is 10.00. The van der Waals surface area contributed by atoms with Gasteiger partial charge < -0.3 is 0 Å². The summed E-state index contributed by atoms with van der Waals surface area (Å²) < 4.78 is 5.42. The highest BCUT2D eigenvalue weighted by atomic mass is 32.1. The smallest absolute Gasteiger partial charge is 0.0434 e. The third-order valence-corrected chi connectivity index (χ3v) is 14.0. The molecule has 0 bridgehead atoms. The first-order chi connectivity index (χ1) is 27.8. The van der Waals surface area contributed by atoms with Gasteiger partial charge in [-0.15, -0.1) is 22.7 Å². The van der Waals surface area contributed by atoms with Crippen LogP contribution in [0.5, 0.6) is 0 Å². The molecule has 0 amide bonds. The van der Waals surface area contributed by atoms with Gasteiger partial charge in [-0.1, -0.05) is 170 Å². The van der Waals surface area contributed by atoms with Gasteiger partial charge in [0, 0.05) is 45.7 Å². The zero-order valence-corrected chi connectivity index (χ0v) is 31.9. The average molecular weight is 745 g/mol. The molecule has 0 aliphatic rings. The lowest BCUT2D eigenvalue weighted by Gasteiger charge is -2.18. The summed E-state index contributed by atoms with van der Waals surface area (Å²) in [6, 6.07) is 72.0. The molecule has 10 aromatic carbocycles. The van der Waals surface area contributed by atoms with Crippen molar-refractivity contribution in [1.29, 1.82) is 0 Å². The molecule has 0 saturated heterocycles. The molecule has 2 heterocycles. The van der Waals surface area contributed by atoms with Crippen molar-refractivity contribution in [3.8, 4) is 44.5 Å². The van der Waals surface area contributed by atoms with Crippen molar-refractivity contribution in [2.24, 2.45) is 0 Å². The summed E-state index contributed by atoms with van der Waals surface area (Å²) in [5.74, 6) is 0. The molecule has 56 heavy (non-hydrogen) atoms. The number of rotatable bonds is 4. The fraction of sp³-hybridized carbons (Fsp3) is 0. The first-order valence-electron chi connectivity index (χ1n) is 19.2. The summed E-state index contributed by atoms with van der Waals surface area (Å²) in [5, 5.41) is 13.1. The van der Waals surface area contributed by atoms with E-state index in [1.807, 2.05) is 22.7 Å². The van der Waals surface area contributed by atoms with E-state index in [9.17, 15) is 0 Å². The zero-order chi connectivity index (χ0) is 36.7. The average Bonchev–Trinajstić information content (AvgIpc) is 3.82. The molecule has 0 aliphatic heterocycles. The molecule has 0 atom stereocenters. The monoisotopic (exact) mass is 744 g/mol. The second kappa shape index (κ2) is 12.5. The van der Waals surface area contributed by atoms with Crippen LogP contribution in [0.2, 0.25) is 0 Å². The molecule has 0 nitrogen and oxygen atoms in total. The maximum Gasteiger partial charge on any atom is 0.0434 e. The van der Waals surface area contributed by atoms with Crippen LogP contribution in [0.4, 0.5) is 0 Å². The molecular formula is C54H32S2. The highest BCUT2D eigenvalue weighted by molar-refractivity contribution is 7.28. The third kappa shape index (κ3) is 4.83. The van der Waals surface area contributed by atoms with Crippen molar-refractivity contribution in [1.82, 2.24) is 0 Å². The minimum atomic E-state index is 1.23. The Bertz CT molecular complexity index is 3440. The zero-order valence-electron chi connectivity index (χ0n) is 30.3. The fourth-order valence-corrected chi connectivity index (χ4v) is 11.5. The number of fused-ring (bicyclic) bond motifs is 10. The summed E-state index contributed by atoms with van der Waals surface area (Å²) in [7, 11) is 0. The molecule has 0 saturated carbocycles. The van der Waals surface area contributed by atoms with Crippen molar-refractivity contribution in [2.45, 2.75) is 0 Å². The molecule has 0 spiro atoms. The molecule has 0 unspecified atom stereocenters. The van der Waals surface area contributed by atoms with Crippen molar-refractivity contribution in [3.63, 3.8) is 0 Å². The topological polar surface area (TPSA) is 0 Å². The fourth-order valence-electron chi connectivity index (χ4n) is 9.08. The molecule has 0 radical (unpaired) electrons. The Morgan fingerprint density at radius 3 is 1.27 bits per heavy atom. The maximum atomic E-state index is 2.45. The summed E-state index contributed by atoms with van der Waals surface area (Å²) in [6.07, 6.45) is 0. The Hall–Kier alpha value is -6.58. The van der Waals surface area contributed by atoms with Gasteiger partial charge in [0.05, 0.1) is 0 Å². The van der Waals surface area contributed by atoms with Crippen LogP contribution < -0.4 is 0 Å². The van der Waals surface area contributed by atoms with Crippen LogP contribution in [0.25, 0.3) is 117 Å². The predicted molar refractivity (Wildman–Crippen MR) is 246 cm³/mol. The SMILES string of the molecule is c1ccc(-c2ccc(-c3c4ccccc4c(-c4ccc(-c5cc6c7cc8sc9ccccc9c8cc7sc6c6ccccc56)cc4)c4ccccc34)cc2)cc1. The Labute approximate surface area is 332 Å². The molecule has 2 aromatic heterocycles. The molecule has 12 aromatic rings. The van der Waals surface area contributed by atoms with E-state index in [0.717, 1.165) is 0 Å². The second-order valence-corrected chi connectivity index (χ2v) is 16.9. The molecule has 0 fully saturated rings. The normalized spacial score (nSPS) is 11.9. The van der Waals surface area contributed by atoms with Gasteiger partial charge in [-0.25, -0.2) is 0 Å². The quantitative estimate of drug-likeness (QED) is 0.157. The predicted octanol–water partition coefficient (Wildman–Crippen LogP) is 16.5. The standard InChI is InChI=1S/C54H32S2/c1-2-12-33(13-3-1)34-22-26-36(27-23-34)52-40-16-5-7-18-42(40)53(43-19-8-6-17-41(43)52)37-28-24-35(25-29-37)45-30-48-47-32-50-46(39-15-10-11-21-49(39)55-50)31-51(47)56-54(48)44-20-9-4-14-38(44)45/h1-32H. The Kier molecular flexibility index (Phi) is 7.07. The van der Waals surface area contributed by atoms with Gasteiger partial charge in [-0.05, 0) is 95.7 Å². The molecular weight excluding hydrogens is 713 g/mol. The van der Waals surface area contributed by atoms with Crippen molar-refractivity contribution < 1.29 is 0 Å². The maximum absolute atomic E-state index is 2.45. The van der Waals surface area contributed by atoms with Gasteiger partial charge in [0.15, 0.2) is 0 Å². The van der Waals surface area contributed by atoms with E-state index >= 15 is 0 Å². The van der Waals surface area contributed by atoms with Gasteiger partial charge in [-0.3, -0.25) is 0 Å². The minimum Gasteiger partial charge on any atom is -0.135 e. The van der Waals surface area contributed by atoms with Gasteiger partial charge >= 0.3 is 0 Å². The van der Waals surface area contributed by atoms with Gasteiger partial charge in [0.25, 0.3) is 0 Å². The first kappa shape index (κ1) is 31.7. The molecule has 0 aliphatic carbocycles. The van der Waals surface area contributed by atoms with Gasteiger partial charge in [0.2, 0.25) is 0 Å². The van der Waals surface area contributed by atoms with E-state index in [-0.39, 0.29) is 0 Å². The molecule has 12 rings (SSSR count). The lowest BCUT2D eigenvalue weighted by atomic mass is 9.85. The molecule has 2 heteroatoms. The van der Waals surface area contributed by atoms with Crippen molar-refractivity contribution >= 4 is 95.3 Å². The number of hydrogen-bond acceptors (Lipinski definition) is 2. The van der Waals surface area contributed by atoms with E-state index in [2.05, 4.69) is 194 Å². The second-order valence-electron chi connectivity index (χ2n) is 14.8.